The fraction of sp³-hybridized carbons (Fsp3) is 0.524. The molecule has 2 heterocycles. The first-order valence-electron chi connectivity index (χ1n) is 11.2. The molecule has 0 aliphatic carbocycles. The summed E-state index contributed by atoms with van der Waals surface area (Å²) in [5, 5.41) is 45.1. The number of hydrogen-bond acceptors (Lipinski definition) is 9. The molecule has 1 aromatic rings. The van der Waals surface area contributed by atoms with Gasteiger partial charge in [0.05, 0.1) is 11.5 Å². The Morgan fingerprint density at radius 2 is 2.00 bits per heavy atom. The molecule has 2 aliphatic rings. The van der Waals surface area contributed by atoms with E-state index in [2.05, 4.69) is 10.6 Å². The lowest BCUT2D eigenvalue weighted by atomic mass is 9.72. The Balaban J connectivity index is 1.73. The lowest BCUT2D eigenvalue weighted by molar-refractivity contribution is -0.167. The molecular formula is C21H29BN4O9. The van der Waals surface area contributed by atoms with Crippen LogP contribution in [-0.4, -0.2) is 105 Å². The van der Waals surface area contributed by atoms with Crippen LogP contribution in [0.5, 0.6) is 5.75 Å². The average Bonchev–Trinajstić information content (AvgIpc) is 2.80. The molecule has 0 bridgehead atoms. The number of carboxylic acids is 1. The number of aromatic carboxylic acids is 1. The highest BCUT2D eigenvalue weighted by Gasteiger charge is 2.44. The Labute approximate surface area is 201 Å². The summed E-state index contributed by atoms with van der Waals surface area (Å²) in [6.07, 6.45) is -1.80. The Kier molecular flexibility index (Phi) is 8.00. The third kappa shape index (κ3) is 5.40. The van der Waals surface area contributed by atoms with Gasteiger partial charge in [0.1, 0.15) is 11.3 Å². The largest absolute Gasteiger partial charge is 0.547 e. The molecule has 0 aromatic heterocycles. The zero-order chi connectivity index (χ0) is 25.9. The van der Waals surface area contributed by atoms with E-state index in [4.69, 9.17) is 4.65 Å². The van der Waals surface area contributed by atoms with E-state index >= 15 is 0 Å². The number of rotatable bonds is 9. The van der Waals surface area contributed by atoms with Crippen molar-refractivity contribution in [3.05, 3.63) is 29.3 Å². The summed E-state index contributed by atoms with van der Waals surface area (Å²) >= 11 is 0. The first kappa shape index (κ1) is 26.4. The van der Waals surface area contributed by atoms with Gasteiger partial charge in [0.2, 0.25) is 5.91 Å². The van der Waals surface area contributed by atoms with Crippen LogP contribution in [0, 0.1) is 0 Å². The number of amides is 3. The molecule has 2 unspecified atom stereocenters. The number of nitrogens with one attached hydrogen (secondary N) is 2. The van der Waals surface area contributed by atoms with Gasteiger partial charge in [0.25, 0.3) is 0 Å². The van der Waals surface area contributed by atoms with Crippen molar-refractivity contribution in [3.63, 3.8) is 0 Å². The quantitative estimate of drug-likeness (QED) is 0.122. The van der Waals surface area contributed by atoms with Crippen molar-refractivity contribution < 1.29 is 44.2 Å². The first-order chi connectivity index (χ1) is 16.5. The highest BCUT2D eigenvalue weighted by molar-refractivity contribution is 6.47. The molecule has 0 saturated carbocycles. The topological polar surface area (TPSA) is 189 Å². The van der Waals surface area contributed by atoms with Gasteiger partial charge in [-0.3, -0.25) is 24.6 Å². The molecule has 0 radical (unpaired) electrons. The van der Waals surface area contributed by atoms with E-state index in [1.165, 1.54) is 24.0 Å². The number of carboxylic acid groups (broad SMARTS) is 1. The van der Waals surface area contributed by atoms with Gasteiger partial charge >= 0.3 is 24.9 Å². The van der Waals surface area contributed by atoms with Gasteiger partial charge in [0.15, 0.2) is 6.35 Å². The maximum Gasteiger partial charge on any atom is 0.547 e. The molecule has 3 rings (SSSR count). The fourth-order valence-corrected chi connectivity index (χ4v) is 4.11. The van der Waals surface area contributed by atoms with Gasteiger partial charge in [-0.1, -0.05) is 12.1 Å². The number of para-hydroxylation sites is 1. The van der Waals surface area contributed by atoms with E-state index in [0.717, 1.165) is 4.90 Å². The van der Waals surface area contributed by atoms with Crippen molar-refractivity contribution in [1.82, 2.24) is 20.4 Å². The van der Waals surface area contributed by atoms with Crippen LogP contribution >= 0.6 is 0 Å². The summed E-state index contributed by atoms with van der Waals surface area (Å²) in [6, 6.07) is 4.47. The van der Waals surface area contributed by atoms with E-state index in [-0.39, 0.29) is 37.2 Å². The van der Waals surface area contributed by atoms with E-state index in [1.807, 2.05) is 0 Å². The van der Waals surface area contributed by atoms with Gasteiger partial charge in [-0.2, -0.15) is 0 Å². The zero-order valence-corrected chi connectivity index (χ0v) is 19.4. The third-order valence-corrected chi connectivity index (χ3v) is 6.25. The average molecular weight is 492 g/mol. The molecule has 1 aromatic carbocycles. The maximum absolute atomic E-state index is 13.2. The van der Waals surface area contributed by atoms with Crippen LogP contribution in [0.15, 0.2) is 18.2 Å². The van der Waals surface area contributed by atoms with Crippen molar-refractivity contribution in [2.75, 3.05) is 26.2 Å². The van der Waals surface area contributed by atoms with Gasteiger partial charge in [0, 0.05) is 26.2 Å². The number of likely N-dealkylation sites (N-methyl/N-ethyl adjacent to an activating group) is 1. The molecule has 6 N–H and O–H groups in total. The number of carbonyl (C=O) groups excluding carboxylic acids is 3. The van der Waals surface area contributed by atoms with Crippen molar-refractivity contribution in [2.45, 2.75) is 44.5 Å². The number of piperazine rings is 1. The summed E-state index contributed by atoms with van der Waals surface area (Å²) < 4.78 is 5.38. The Bertz CT molecular complexity index is 1010. The van der Waals surface area contributed by atoms with E-state index in [9.17, 15) is 39.5 Å². The van der Waals surface area contributed by atoms with Crippen LogP contribution in [0.2, 0.25) is 0 Å². The molecule has 13 nitrogen and oxygen atoms in total. The molecule has 3 atom stereocenters. The van der Waals surface area contributed by atoms with E-state index < -0.39 is 55.2 Å². The number of aliphatic hydroxyl groups excluding tert-OH is 2. The lowest BCUT2D eigenvalue weighted by Crippen LogP contribution is -2.68. The van der Waals surface area contributed by atoms with Gasteiger partial charge in [-0.25, -0.2) is 4.79 Å². The minimum Gasteiger partial charge on any atom is -0.534 e. The molecule has 190 valence electrons. The standard InChI is InChI=1S/C21H29BN4O9/c1-3-25-8-9-26(17(29)16(25)28)20(33)24-21(2,7-10-27)19(32)23-14-11-12-5-4-6-13(18(30)31)15(12)35-22(14)34/h4-6,14,20,24,27,33-34H,3,7-11H2,1-2H3,(H,23,32)(H,30,31)/t14-,20?,21?/m0/s1. The first-order valence-corrected chi connectivity index (χ1v) is 11.2. The monoisotopic (exact) mass is 492 g/mol. The molecule has 3 amide bonds. The Morgan fingerprint density at radius 1 is 1.29 bits per heavy atom. The number of hydrogen-bond donors (Lipinski definition) is 6. The molecule has 0 spiro atoms. The zero-order valence-electron chi connectivity index (χ0n) is 19.4. The van der Waals surface area contributed by atoms with Crippen molar-refractivity contribution >= 4 is 30.8 Å². The van der Waals surface area contributed by atoms with Crippen molar-refractivity contribution in [2.24, 2.45) is 0 Å². The van der Waals surface area contributed by atoms with Crippen molar-refractivity contribution in [3.8, 4) is 5.75 Å². The fourth-order valence-electron chi connectivity index (χ4n) is 4.11. The van der Waals surface area contributed by atoms with Gasteiger partial charge < -0.3 is 35.2 Å². The normalized spacial score (nSPS) is 20.6. The number of nitrogens with zero attached hydrogens (tertiary/aromatic N) is 2. The highest BCUT2D eigenvalue weighted by Crippen LogP contribution is 2.30. The van der Waals surface area contributed by atoms with Gasteiger partial charge in [-0.15, -0.1) is 0 Å². The second-order valence-corrected chi connectivity index (χ2v) is 8.60. The van der Waals surface area contributed by atoms with Crippen LogP contribution < -0.4 is 15.3 Å². The number of fused-ring (bicyclic) bond motifs is 1. The molecular weight excluding hydrogens is 463 g/mol. The number of carbonyl (C=O) groups is 4. The summed E-state index contributed by atoms with van der Waals surface area (Å²) in [5.41, 5.74) is -1.26. The molecule has 1 saturated heterocycles. The van der Waals surface area contributed by atoms with Crippen LogP contribution in [0.1, 0.15) is 36.2 Å². The molecule has 2 aliphatic heterocycles. The summed E-state index contributed by atoms with van der Waals surface area (Å²) in [7, 11) is -1.56. The SMILES string of the molecule is CCN1CCN(C(O)NC(C)(CCO)C(=O)N[C@H]2Cc3cccc(C(=O)O)c3OB2O)C(=O)C1=O. The Morgan fingerprint density at radius 3 is 2.63 bits per heavy atom. The molecule has 35 heavy (non-hydrogen) atoms. The number of benzene rings is 1. The summed E-state index contributed by atoms with van der Waals surface area (Å²) in [6.45, 7) is 3.27. The van der Waals surface area contributed by atoms with Crippen LogP contribution in [-0.2, 0) is 20.8 Å². The van der Waals surface area contributed by atoms with Gasteiger partial charge in [-0.05, 0) is 38.3 Å². The van der Waals surface area contributed by atoms with Crippen LogP contribution in [0.25, 0.3) is 0 Å². The summed E-state index contributed by atoms with van der Waals surface area (Å²) in [5.74, 6) is -4.59. The number of aliphatic hydroxyl groups is 2. The third-order valence-electron chi connectivity index (χ3n) is 6.25. The van der Waals surface area contributed by atoms with Crippen LogP contribution in [0.4, 0.5) is 0 Å². The highest BCUT2D eigenvalue weighted by atomic mass is 16.5. The second-order valence-electron chi connectivity index (χ2n) is 8.60. The minimum atomic E-state index is -1.70. The summed E-state index contributed by atoms with van der Waals surface area (Å²) in [4.78, 5) is 51.4. The van der Waals surface area contributed by atoms with E-state index in [0.29, 0.717) is 12.1 Å². The minimum absolute atomic E-state index is 0.0130. The molecule has 14 heteroatoms. The van der Waals surface area contributed by atoms with Crippen LogP contribution in [0.3, 0.4) is 0 Å². The predicted molar refractivity (Wildman–Crippen MR) is 121 cm³/mol. The Hall–Kier alpha value is -3.20. The predicted octanol–water partition coefficient (Wildman–Crippen LogP) is -2.48. The molecule has 1 fully saturated rings. The van der Waals surface area contributed by atoms with E-state index in [1.54, 1.807) is 13.0 Å². The van der Waals surface area contributed by atoms with Crippen molar-refractivity contribution in [1.29, 1.82) is 0 Å². The lowest BCUT2D eigenvalue weighted by Gasteiger charge is -2.40. The smallest absolute Gasteiger partial charge is 0.534 e. The second kappa shape index (κ2) is 10.6. The maximum atomic E-state index is 13.2.